The lowest BCUT2D eigenvalue weighted by molar-refractivity contribution is -0.115. The van der Waals surface area contributed by atoms with E-state index in [2.05, 4.69) is 11.4 Å². The number of para-hydroxylation sites is 2. The zero-order valence-electron chi connectivity index (χ0n) is 15.5. The first-order chi connectivity index (χ1) is 13.7. The second-order valence-electron chi connectivity index (χ2n) is 6.46. The van der Waals surface area contributed by atoms with Crippen LogP contribution >= 0.6 is 23.5 Å². The fourth-order valence-corrected chi connectivity index (χ4v) is 5.16. The van der Waals surface area contributed by atoms with Crippen molar-refractivity contribution >= 4 is 45.2 Å². The summed E-state index contributed by atoms with van der Waals surface area (Å²) < 4.78 is 0.942. The Hall–Kier alpha value is -2.50. The van der Waals surface area contributed by atoms with Crippen molar-refractivity contribution in [3.63, 3.8) is 0 Å². The first-order valence-electron chi connectivity index (χ1n) is 9.12. The zero-order valence-corrected chi connectivity index (χ0v) is 17.1. The zero-order chi connectivity index (χ0) is 19.3. The van der Waals surface area contributed by atoms with Crippen molar-refractivity contribution in [3.05, 3.63) is 84.4 Å². The number of carbonyl (C=O) groups excluding carboxylic acids is 1. The number of hydrogen-bond donors (Lipinski definition) is 1. The van der Waals surface area contributed by atoms with E-state index in [9.17, 15) is 4.79 Å². The molecule has 0 saturated carbocycles. The largest absolute Gasteiger partial charge is 0.325 e. The third-order valence-corrected chi connectivity index (χ3v) is 6.77. The molecule has 5 heteroatoms. The van der Waals surface area contributed by atoms with E-state index in [1.54, 1.807) is 11.8 Å². The molecule has 1 unspecified atom stereocenters. The van der Waals surface area contributed by atoms with Crippen molar-refractivity contribution in [1.29, 1.82) is 0 Å². The quantitative estimate of drug-likeness (QED) is 0.551. The molecule has 4 rings (SSSR count). The van der Waals surface area contributed by atoms with Crippen LogP contribution in [-0.4, -0.2) is 15.5 Å². The molecule has 0 aliphatic carbocycles. The third kappa shape index (κ3) is 4.32. The van der Waals surface area contributed by atoms with Crippen LogP contribution in [0.5, 0.6) is 0 Å². The van der Waals surface area contributed by atoms with Crippen molar-refractivity contribution < 1.29 is 4.79 Å². The summed E-state index contributed by atoms with van der Waals surface area (Å²) in [5, 5.41) is 2.86. The third-order valence-electron chi connectivity index (χ3n) is 4.47. The van der Waals surface area contributed by atoms with Crippen LogP contribution in [0.25, 0.3) is 11.1 Å². The summed E-state index contributed by atoms with van der Waals surface area (Å²) in [5.41, 5.74) is 5.18. The minimum absolute atomic E-state index is 0.0180. The van der Waals surface area contributed by atoms with Gasteiger partial charge in [-0.2, -0.15) is 0 Å². The summed E-state index contributed by atoms with van der Waals surface area (Å²) in [7, 11) is 0. The molecule has 1 heterocycles. The van der Waals surface area contributed by atoms with Crippen molar-refractivity contribution in [2.45, 2.75) is 17.9 Å². The summed E-state index contributed by atoms with van der Waals surface area (Å²) >= 11 is 3.20. The Balaban J connectivity index is 1.47. The van der Waals surface area contributed by atoms with Gasteiger partial charge in [-0.05, 0) is 30.2 Å². The lowest BCUT2D eigenvalue weighted by Crippen LogP contribution is -2.24. The number of carbonyl (C=O) groups is 1. The topological polar surface area (TPSA) is 41.5 Å². The Morgan fingerprint density at radius 2 is 1.71 bits per heavy atom. The van der Waals surface area contributed by atoms with Crippen molar-refractivity contribution in [2.24, 2.45) is 4.99 Å². The van der Waals surface area contributed by atoms with Gasteiger partial charge in [-0.15, -0.1) is 0 Å². The number of aliphatic imine (C=N–C) groups is 1. The number of nitrogens with zero attached hydrogens (tertiary/aromatic N) is 1. The van der Waals surface area contributed by atoms with Crippen LogP contribution in [0, 0.1) is 0 Å². The van der Waals surface area contributed by atoms with Crippen molar-refractivity contribution in [2.75, 3.05) is 5.32 Å². The molecular weight excluding hydrogens is 384 g/mol. The maximum absolute atomic E-state index is 12.8. The highest BCUT2D eigenvalue weighted by Crippen LogP contribution is 2.36. The molecule has 0 aromatic heterocycles. The van der Waals surface area contributed by atoms with Crippen LogP contribution in [0.1, 0.15) is 12.5 Å². The lowest BCUT2D eigenvalue weighted by Gasteiger charge is -2.18. The molecule has 0 spiro atoms. The molecule has 1 aliphatic heterocycles. The van der Waals surface area contributed by atoms with E-state index in [0.29, 0.717) is 0 Å². The number of thioether (sulfide) groups is 2. The number of benzene rings is 3. The van der Waals surface area contributed by atoms with Crippen LogP contribution in [0.15, 0.2) is 83.9 Å². The molecule has 28 heavy (non-hydrogen) atoms. The summed E-state index contributed by atoms with van der Waals surface area (Å²) in [6.07, 6.45) is 0. The van der Waals surface area contributed by atoms with E-state index < -0.39 is 0 Å². The van der Waals surface area contributed by atoms with Gasteiger partial charge in [0.2, 0.25) is 5.91 Å². The maximum atomic E-state index is 12.8. The second kappa shape index (κ2) is 8.67. The monoisotopic (exact) mass is 404 g/mol. The van der Waals surface area contributed by atoms with Gasteiger partial charge in [-0.3, -0.25) is 4.79 Å². The number of anilines is 1. The van der Waals surface area contributed by atoms with E-state index in [4.69, 9.17) is 4.99 Å². The van der Waals surface area contributed by atoms with E-state index in [0.717, 1.165) is 32.6 Å². The smallest absolute Gasteiger partial charge is 0.237 e. The summed E-state index contributed by atoms with van der Waals surface area (Å²) in [4.78, 5) is 17.5. The first-order valence-corrected chi connectivity index (χ1v) is 11.0. The van der Waals surface area contributed by atoms with E-state index in [1.807, 2.05) is 79.7 Å². The molecule has 0 saturated heterocycles. The molecule has 1 amide bonds. The number of nitrogens with one attached hydrogen (secondary N) is 1. The second-order valence-corrected chi connectivity index (χ2v) is 9.01. The SMILES string of the molecule is CC(SC1=Nc2ccccc2CS1)C(=O)Nc1ccccc1-c1ccccc1. The molecule has 0 radical (unpaired) electrons. The summed E-state index contributed by atoms with van der Waals surface area (Å²) in [6.45, 7) is 1.93. The summed E-state index contributed by atoms with van der Waals surface area (Å²) in [5.74, 6) is 0.878. The molecule has 0 bridgehead atoms. The number of fused-ring (bicyclic) bond motifs is 1. The van der Waals surface area contributed by atoms with Crippen LogP contribution < -0.4 is 5.32 Å². The minimum atomic E-state index is -0.236. The van der Waals surface area contributed by atoms with Gasteiger partial charge >= 0.3 is 0 Å². The maximum Gasteiger partial charge on any atom is 0.237 e. The van der Waals surface area contributed by atoms with Crippen LogP contribution in [0.4, 0.5) is 11.4 Å². The van der Waals surface area contributed by atoms with Crippen LogP contribution in [-0.2, 0) is 10.5 Å². The molecule has 1 aliphatic rings. The summed E-state index contributed by atoms with van der Waals surface area (Å²) in [6, 6.07) is 26.2. The average molecular weight is 405 g/mol. The van der Waals surface area contributed by atoms with Gasteiger partial charge in [0.15, 0.2) is 0 Å². The molecule has 1 atom stereocenters. The van der Waals surface area contributed by atoms with Gasteiger partial charge in [0.05, 0.1) is 10.9 Å². The van der Waals surface area contributed by atoms with E-state index >= 15 is 0 Å². The van der Waals surface area contributed by atoms with Gasteiger partial charge in [-0.25, -0.2) is 4.99 Å². The fourth-order valence-electron chi connectivity index (χ4n) is 2.97. The van der Waals surface area contributed by atoms with E-state index in [1.165, 1.54) is 17.3 Å². The van der Waals surface area contributed by atoms with Gasteiger partial charge in [0.25, 0.3) is 0 Å². The normalized spacial score (nSPS) is 14.0. The van der Waals surface area contributed by atoms with E-state index in [-0.39, 0.29) is 11.2 Å². The molecule has 1 N–H and O–H groups in total. The highest BCUT2D eigenvalue weighted by Gasteiger charge is 2.21. The fraction of sp³-hybridized carbons (Fsp3) is 0.130. The van der Waals surface area contributed by atoms with Crippen LogP contribution in [0.3, 0.4) is 0 Å². The Kier molecular flexibility index (Phi) is 5.84. The Morgan fingerprint density at radius 3 is 2.57 bits per heavy atom. The lowest BCUT2D eigenvalue weighted by atomic mass is 10.0. The van der Waals surface area contributed by atoms with Gasteiger partial charge in [-0.1, -0.05) is 90.3 Å². The predicted molar refractivity (Wildman–Crippen MR) is 122 cm³/mol. The average Bonchev–Trinajstić information content (AvgIpc) is 2.74. The number of amides is 1. The minimum Gasteiger partial charge on any atom is -0.325 e. The highest BCUT2D eigenvalue weighted by molar-refractivity contribution is 8.39. The number of rotatable bonds is 4. The van der Waals surface area contributed by atoms with Gasteiger partial charge in [0, 0.05) is 17.0 Å². The van der Waals surface area contributed by atoms with Crippen molar-refractivity contribution in [3.8, 4) is 11.1 Å². The Bertz CT molecular complexity index is 1020. The van der Waals surface area contributed by atoms with Crippen molar-refractivity contribution in [1.82, 2.24) is 0 Å². The Morgan fingerprint density at radius 1 is 1.00 bits per heavy atom. The highest BCUT2D eigenvalue weighted by atomic mass is 32.2. The molecule has 140 valence electrons. The van der Waals surface area contributed by atoms with Gasteiger partial charge < -0.3 is 5.32 Å². The molecular formula is C23H20N2OS2. The standard InChI is InChI=1S/C23H20N2OS2/c1-16(28-23-25-20-13-7-5-11-18(20)15-27-23)22(26)24-21-14-8-6-12-19(21)17-9-3-2-4-10-17/h2-14,16H,15H2,1H3,(H,24,26). The number of hydrogen-bond acceptors (Lipinski definition) is 4. The van der Waals surface area contributed by atoms with Gasteiger partial charge in [0.1, 0.15) is 4.38 Å². The Labute approximate surface area is 173 Å². The molecule has 3 aromatic carbocycles. The van der Waals surface area contributed by atoms with Crippen LogP contribution in [0.2, 0.25) is 0 Å². The predicted octanol–water partition coefficient (Wildman–Crippen LogP) is 6.35. The molecule has 0 fully saturated rings. The first kappa shape index (κ1) is 18.8. The molecule has 3 aromatic rings. The molecule has 3 nitrogen and oxygen atoms in total.